The Morgan fingerprint density at radius 2 is 1.97 bits per heavy atom. The summed E-state index contributed by atoms with van der Waals surface area (Å²) >= 11 is 0. The average Bonchev–Trinajstić information content (AvgIpc) is 3.29. The molecule has 0 bridgehead atoms. The molecule has 1 aromatic heterocycles. The van der Waals surface area contributed by atoms with Crippen molar-refractivity contribution < 1.29 is 19.5 Å². The Balaban J connectivity index is 1.47. The summed E-state index contributed by atoms with van der Waals surface area (Å²) in [5.74, 6) is -1.05. The molecule has 1 aliphatic heterocycles. The first-order chi connectivity index (χ1) is 16.8. The van der Waals surface area contributed by atoms with E-state index in [1.54, 1.807) is 16.0 Å². The molecule has 8 nitrogen and oxygen atoms in total. The fourth-order valence-electron chi connectivity index (χ4n) is 4.77. The summed E-state index contributed by atoms with van der Waals surface area (Å²) in [7, 11) is 0. The molecule has 2 N–H and O–H groups in total. The number of fused-ring (bicyclic) bond motifs is 1. The number of rotatable bonds is 10. The molecular weight excluding hydrogens is 444 g/mol. The Morgan fingerprint density at radius 1 is 1.17 bits per heavy atom. The van der Waals surface area contributed by atoms with Gasteiger partial charge in [0, 0.05) is 37.9 Å². The number of aromatic nitrogens is 2. The Kier molecular flexibility index (Phi) is 7.19. The van der Waals surface area contributed by atoms with Crippen molar-refractivity contribution in [3.05, 3.63) is 65.4 Å². The van der Waals surface area contributed by atoms with Gasteiger partial charge >= 0.3 is 5.97 Å². The highest BCUT2D eigenvalue weighted by molar-refractivity contribution is 5.93. The molecule has 0 aliphatic carbocycles. The van der Waals surface area contributed by atoms with Gasteiger partial charge in [-0.05, 0) is 55.9 Å². The van der Waals surface area contributed by atoms with E-state index in [0.717, 1.165) is 27.6 Å². The smallest absolute Gasteiger partial charge is 0.303 e. The number of carbonyl (C=O) groups excluding carboxylic acids is 2. The highest BCUT2D eigenvalue weighted by atomic mass is 16.4. The molecule has 2 aromatic carbocycles. The van der Waals surface area contributed by atoms with Gasteiger partial charge in [-0.15, -0.1) is 0 Å². The Hall–Kier alpha value is -3.68. The Labute approximate surface area is 204 Å². The van der Waals surface area contributed by atoms with E-state index in [4.69, 9.17) is 5.11 Å². The van der Waals surface area contributed by atoms with Crippen LogP contribution in [0.3, 0.4) is 0 Å². The standard InChI is InChI=1S/C27H32N4O4/c1-19-6-3-4-7-21(19)11-12-24(32)31-15-13-27(31,2)26(35)30(14-5-8-25(33)34)18-20-9-10-22-17-28-29-23(22)16-20/h3-4,6-7,9-10,16-17H,5,8,11-15,18H2,1-2H3,(H,28,29)(H,33,34). The number of aromatic amines is 1. The summed E-state index contributed by atoms with van der Waals surface area (Å²) in [6.45, 7) is 5.07. The van der Waals surface area contributed by atoms with Crippen molar-refractivity contribution in [1.82, 2.24) is 20.0 Å². The topological polar surface area (TPSA) is 107 Å². The molecule has 1 unspecified atom stereocenters. The van der Waals surface area contributed by atoms with Crippen molar-refractivity contribution in [3.63, 3.8) is 0 Å². The Bertz CT molecular complexity index is 1240. The van der Waals surface area contributed by atoms with Crippen LogP contribution in [0.1, 0.15) is 49.3 Å². The van der Waals surface area contributed by atoms with E-state index in [-0.39, 0.29) is 18.2 Å². The van der Waals surface area contributed by atoms with Gasteiger partial charge in [-0.1, -0.05) is 36.4 Å². The molecule has 0 spiro atoms. The number of H-pyrrole nitrogens is 1. The maximum atomic E-state index is 13.7. The van der Waals surface area contributed by atoms with Gasteiger partial charge < -0.3 is 14.9 Å². The second kappa shape index (κ2) is 10.3. The summed E-state index contributed by atoms with van der Waals surface area (Å²) in [6, 6.07) is 13.9. The number of nitrogens with zero attached hydrogens (tertiary/aromatic N) is 3. The number of carbonyl (C=O) groups is 3. The third kappa shape index (κ3) is 5.37. The number of benzene rings is 2. The summed E-state index contributed by atoms with van der Waals surface area (Å²) in [5.41, 5.74) is 3.18. The van der Waals surface area contributed by atoms with Crippen LogP contribution in [0.25, 0.3) is 10.9 Å². The van der Waals surface area contributed by atoms with Gasteiger partial charge in [-0.3, -0.25) is 19.5 Å². The van der Waals surface area contributed by atoms with Crippen LogP contribution in [0.5, 0.6) is 0 Å². The van der Waals surface area contributed by atoms with Crippen molar-refractivity contribution in [2.24, 2.45) is 0 Å². The molecule has 8 heteroatoms. The van der Waals surface area contributed by atoms with E-state index in [9.17, 15) is 14.4 Å². The molecule has 0 saturated carbocycles. The largest absolute Gasteiger partial charge is 0.481 e. The average molecular weight is 477 g/mol. The molecule has 1 aliphatic rings. The van der Waals surface area contributed by atoms with Gasteiger partial charge in [0.2, 0.25) is 11.8 Å². The molecule has 1 fully saturated rings. The van der Waals surface area contributed by atoms with E-state index in [2.05, 4.69) is 10.2 Å². The van der Waals surface area contributed by atoms with Crippen molar-refractivity contribution in [3.8, 4) is 0 Å². The lowest BCUT2D eigenvalue weighted by molar-refractivity contribution is -0.164. The van der Waals surface area contributed by atoms with Crippen LogP contribution in [-0.2, 0) is 27.3 Å². The van der Waals surface area contributed by atoms with E-state index in [1.165, 1.54) is 0 Å². The summed E-state index contributed by atoms with van der Waals surface area (Å²) in [5, 5.41) is 17.1. The summed E-state index contributed by atoms with van der Waals surface area (Å²) < 4.78 is 0. The van der Waals surface area contributed by atoms with E-state index >= 15 is 0 Å². The van der Waals surface area contributed by atoms with Crippen molar-refractivity contribution in [1.29, 1.82) is 0 Å². The number of carboxylic acids is 1. The second-order valence-electron chi connectivity index (χ2n) is 9.51. The first-order valence-corrected chi connectivity index (χ1v) is 12.1. The third-order valence-electron chi connectivity index (χ3n) is 7.03. The van der Waals surface area contributed by atoms with Gasteiger partial charge in [0.15, 0.2) is 0 Å². The number of amides is 2. The third-order valence-corrected chi connectivity index (χ3v) is 7.03. The van der Waals surface area contributed by atoms with Gasteiger partial charge in [0.1, 0.15) is 5.54 Å². The zero-order chi connectivity index (χ0) is 25.0. The number of aliphatic carboxylic acids is 1. The van der Waals surface area contributed by atoms with Gasteiger partial charge in [-0.25, -0.2) is 0 Å². The lowest BCUT2D eigenvalue weighted by Gasteiger charge is -2.51. The number of hydrogen-bond acceptors (Lipinski definition) is 4. The fourth-order valence-corrected chi connectivity index (χ4v) is 4.77. The number of aryl methyl sites for hydroxylation is 2. The maximum absolute atomic E-state index is 13.7. The predicted molar refractivity (Wildman–Crippen MR) is 133 cm³/mol. The number of likely N-dealkylation sites (tertiary alicyclic amines) is 1. The van der Waals surface area contributed by atoms with E-state index < -0.39 is 11.5 Å². The molecule has 0 radical (unpaired) electrons. The number of nitrogens with one attached hydrogen (secondary N) is 1. The van der Waals surface area contributed by atoms with E-state index in [1.807, 2.05) is 56.3 Å². The lowest BCUT2D eigenvalue weighted by atomic mass is 9.84. The molecule has 4 rings (SSSR count). The van der Waals surface area contributed by atoms with Crippen molar-refractivity contribution in [2.45, 2.75) is 58.0 Å². The molecule has 1 atom stereocenters. The maximum Gasteiger partial charge on any atom is 0.303 e. The number of carboxylic acid groups (broad SMARTS) is 1. The SMILES string of the molecule is Cc1ccccc1CCC(=O)N1CCC1(C)C(=O)N(CCCC(=O)O)Cc1ccc2cn[nH]c2c1. The predicted octanol–water partition coefficient (Wildman–Crippen LogP) is 3.69. The first kappa shape index (κ1) is 24.4. The zero-order valence-corrected chi connectivity index (χ0v) is 20.3. The van der Waals surface area contributed by atoms with Crippen LogP contribution in [0.15, 0.2) is 48.7 Å². The minimum absolute atomic E-state index is 0.0147. The summed E-state index contributed by atoms with van der Waals surface area (Å²) in [4.78, 5) is 41.3. The van der Waals surface area contributed by atoms with Gasteiger partial charge in [0.05, 0.1) is 11.7 Å². The van der Waals surface area contributed by atoms with Gasteiger partial charge in [0.25, 0.3) is 0 Å². The summed E-state index contributed by atoms with van der Waals surface area (Å²) in [6.07, 6.45) is 3.66. The van der Waals surface area contributed by atoms with Crippen LogP contribution < -0.4 is 0 Å². The van der Waals surface area contributed by atoms with Crippen LogP contribution in [-0.4, -0.2) is 61.5 Å². The minimum atomic E-state index is -0.913. The van der Waals surface area contributed by atoms with Crippen LogP contribution in [0.4, 0.5) is 0 Å². The molecule has 184 valence electrons. The quantitative estimate of drug-likeness (QED) is 0.464. The second-order valence-corrected chi connectivity index (χ2v) is 9.51. The molecule has 2 heterocycles. The highest BCUT2D eigenvalue weighted by Crippen LogP contribution is 2.34. The van der Waals surface area contributed by atoms with Crippen molar-refractivity contribution in [2.75, 3.05) is 13.1 Å². The normalized spacial score (nSPS) is 17.3. The minimum Gasteiger partial charge on any atom is -0.481 e. The molecule has 2 amide bonds. The number of hydrogen-bond donors (Lipinski definition) is 2. The van der Waals surface area contributed by atoms with Crippen molar-refractivity contribution >= 4 is 28.7 Å². The molecular formula is C27H32N4O4. The zero-order valence-electron chi connectivity index (χ0n) is 20.3. The lowest BCUT2D eigenvalue weighted by Crippen LogP contribution is -2.67. The van der Waals surface area contributed by atoms with Gasteiger partial charge in [-0.2, -0.15) is 5.10 Å². The Morgan fingerprint density at radius 3 is 2.69 bits per heavy atom. The van der Waals surface area contributed by atoms with Crippen LogP contribution in [0, 0.1) is 6.92 Å². The molecule has 1 saturated heterocycles. The van der Waals surface area contributed by atoms with Crippen LogP contribution >= 0.6 is 0 Å². The monoisotopic (exact) mass is 476 g/mol. The highest BCUT2D eigenvalue weighted by Gasteiger charge is 2.50. The first-order valence-electron chi connectivity index (χ1n) is 12.1. The fraction of sp³-hybridized carbons (Fsp3) is 0.407. The van der Waals surface area contributed by atoms with E-state index in [0.29, 0.717) is 45.3 Å². The molecule has 3 aromatic rings. The van der Waals surface area contributed by atoms with Crippen LogP contribution in [0.2, 0.25) is 0 Å². The molecule has 35 heavy (non-hydrogen) atoms.